The van der Waals surface area contributed by atoms with Gasteiger partial charge in [0.25, 0.3) is 5.91 Å². The van der Waals surface area contributed by atoms with Gasteiger partial charge in [-0.05, 0) is 42.0 Å². The first-order valence-corrected chi connectivity index (χ1v) is 7.17. The molecule has 5 nitrogen and oxygen atoms in total. The third-order valence-electron chi connectivity index (χ3n) is 2.92. The first-order valence-electron chi connectivity index (χ1n) is 6.38. The van der Waals surface area contributed by atoms with Gasteiger partial charge in [-0.25, -0.2) is 4.79 Å². The third kappa shape index (κ3) is 3.95. The van der Waals surface area contributed by atoms with Gasteiger partial charge in [-0.1, -0.05) is 28.1 Å². The van der Waals surface area contributed by atoms with E-state index in [0.717, 1.165) is 15.2 Å². The molecule has 0 unspecified atom stereocenters. The molecule has 2 rings (SSSR count). The summed E-state index contributed by atoms with van der Waals surface area (Å²) in [5.41, 5.74) is 0. The summed E-state index contributed by atoms with van der Waals surface area (Å²) >= 11 is 3.42. The number of hydrogen-bond acceptors (Lipinski definition) is 3. The SMILES string of the molecule is CNC(=O)NC(=O)[C@H](C)Oc1ccc2cc(Br)ccc2c1. The lowest BCUT2D eigenvalue weighted by atomic mass is 10.1. The van der Waals surface area contributed by atoms with Crippen molar-refractivity contribution in [2.75, 3.05) is 7.05 Å². The molecular formula is C15H15BrN2O3. The highest BCUT2D eigenvalue weighted by atomic mass is 79.9. The monoisotopic (exact) mass is 350 g/mol. The second-order valence-corrected chi connectivity index (χ2v) is 5.40. The van der Waals surface area contributed by atoms with Crippen molar-refractivity contribution in [1.29, 1.82) is 0 Å². The second-order valence-electron chi connectivity index (χ2n) is 4.48. The number of carbonyl (C=O) groups excluding carboxylic acids is 2. The van der Waals surface area contributed by atoms with Crippen LogP contribution in [0, 0.1) is 0 Å². The van der Waals surface area contributed by atoms with Gasteiger partial charge >= 0.3 is 6.03 Å². The standard InChI is InChI=1S/C15H15BrN2O3/c1-9(14(19)18-15(20)17-2)21-13-6-4-10-7-12(16)5-3-11(10)8-13/h3-9H,1-2H3,(H2,17,18,19,20)/t9-/m0/s1. The number of rotatable bonds is 3. The average Bonchev–Trinajstić information content (AvgIpc) is 2.47. The molecule has 1 atom stereocenters. The fraction of sp³-hybridized carbons (Fsp3) is 0.200. The Bertz CT molecular complexity index is 688. The van der Waals surface area contributed by atoms with Crippen LogP contribution in [-0.2, 0) is 4.79 Å². The van der Waals surface area contributed by atoms with E-state index in [1.807, 2.05) is 30.3 Å². The number of ether oxygens (including phenoxy) is 1. The van der Waals surface area contributed by atoms with Crippen LogP contribution in [0.1, 0.15) is 6.92 Å². The summed E-state index contributed by atoms with van der Waals surface area (Å²) in [6.07, 6.45) is -0.768. The number of fused-ring (bicyclic) bond motifs is 1. The Morgan fingerprint density at radius 1 is 1.14 bits per heavy atom. The van der Waals surface area contributed by atoms with Gasteiger partial charge in [0.1, 0.15) is 5.75 Å². The van der Waals surface area contributed by atoms with Crippen molar-refractivity contribution in [1.82, 2.24) is 10.6 Å². The third-order valence-corrected chi connectivity index (χ3v) is 3.41. The Labute approximate surface area is 130 Å². The molecule has 0 spiro atoms. The van der Waals surface area contributed by atoms with E-state index in [1.54, 1.807) is 13.0 Å². The first-order chi connectivity index (χ1) is 9.99. The van der Waals surface area contributed by atoms with Crippen molar-refractivity contribution >= 4 is 38.6 Å². The van der Waals surface area contributed by atoms with Gasteiger partial charge < -0.3 is 10.1 Å². The minimum Gasteiger partial charge on any atom is -0.481 e. The van der Waals surface area contributed by atoms with E-state index >= 15 is 0 Å². The number of halogens is 1. The van der Waals surface area contributed by atoms with Gasteiger partial charge in [0.05, 0.1) is 0 Å². The fourth-order valence-electron chi connectivity index (χ4n) is 1.80. The Morgan fingerprint density at radius 2 is 1.81 bits per heavy atom. The molecule has 2 N–H and O–H groups in total. The van der Waals surface area contributed by atoms with E-state index in [2.05, 4.69) is 26.6 Å². The van der Waals surface area contributed by atoms with Crippen molar-refractivity contribution in [3.8, 4) is 5.75 Å². The van der Waals surface area contributed by atoms with Crippen LogP contribution in [0.4, 0.5) is 4.79 Å². The van der Waals surface area contributed by atoms with Crippen LogP contribution in [0.5, 0.6) is 5.75 Å². The largest absolute Gasteiger partial charge is 0.481 e. The summed E-state index contributed by atoms with van der Waals surface area (Å²) in [4.78, 5) is 22.8. The van der Waals surface area contributed by atoms with E-state index in [0.29, 0.717) is 5.75 Å². The molecule has 2 aromatic carbocycles. The molecule has 0 radical (unpaired) electrons. The van der Waals surface area contributed by atoms with E-state index in [-0.39, 0.29) is 0 Å². The van der Waals surface area contributed by atoms with E-state index < -0.39 is 18.0 Å². The molecule has 0 aliphatic heterocycles. The Hall–Kier alpha value is -2.08. The summed E-state index contributed by atoms with van der Waals surface area (Å²) in [5, 5.41) is 6.56. The quantitative estimate of drug-likeness (QED) is 0.894. The maximum Gasteiger partial charge on any atom is 0.321 e. The fourth-order valence-corrected chi connectivity index (χ4v) is 2.18. The molecule has 0 saturated heterocycles. The van der Waals surface area contributed by atoms with E-state index in [4.69, 9.17) is 4.74 Å². The van der Waals surface area contributed by atoms with Crippen LogP contribution in [0.25, 0.3) is 10.8 Å². The predicted molar refractivity (Wildman–Crippen MR) is 84.3 cm³/mol. The van der Waals surface area contributed by atoms with Crippen LogP contribution in [0.3, 0.4) is 0 Å². The second kappa shape index (κ2) is 6.58. The normalized spacial score (nSPS) is 11.8. The summed E-state index contributed by atoms with van der Waals surface area (Å²) in [5.74, 6) is 0.0784. The number of amides is 3. The van der Waals surface area contributed by atoms with Gasteiger partial charge in [0.2, 0.25) is 0 Å². The number of carbonyl (C=O) groups is 2. The smallest absolute Gasteiger partial charge is 0.321 e. The van der Waals surface area contributed by atoms with Crippen molar-refractivity contribution in [2.24, 2.45) is 0 Å². The predicted octanol–water partition coefficient (Wildman–Crippen LogP) is 2.83. The first kappa shape index (κ1) is 15.3. The Kier molecular flexibility index (Phi) is 4.80. The van der Waals surface area contributed by atoms with Crippen molar-refractivity contribution in [2.45, 2.75) is 13.0 Å². The molecule has 2 aromatic rings. The van der Waals surface area contributed by atoms with Gasteiger partial charge in [0.15, 0.2) is 6.10 Å². The topological polar surface area (TPSA) is 67.4 Å². The molecule has 0 bridgehead atoms. The summed E-state index contributed by atoms with van der Waals surface area (Å²) in [6, 6.07) is 10.9. The Morgan fingerprint density at radius 3 is 2.52 bits per heavy atom. The van der Waals surface area contributed by atoms with Crippen LogP contribution in [-0.4, -0.2) is 25.1 Å². The van der Waals surface area contributed by atoms with E-state index in [1.165, 1.54) is 7.05 Å². The molecular weight excluding hydrogens is 336 g/mol. The molecule has 0 aliphatic rings. The van der Waals surface area contributed by atoms with Crippen molar-refractivity contribution in [3.63, 3.8) is 0 Å². The van der Waals surface area contributed by atoms with Gasteiger partial charge in [-0.15, -0.1) is 0 Å². The highest BCUT2D eigenvalue weighted by Crippen LogP contribution is 2.24. The number of imide groups is 1. The minimum absolute atomic E-state index is 0.495. The molecule has 6 heteroatoms. The highest BCUT2D eigenvalue weighted by Gasteiger charge is 2.16. The molecule has 21 heavy (non-hydrogen) atoms. The highest BCUT2D eigenvalue weighted by molar-refractivity contribution is 9.10. The number of urea groups is 1. The van der Waals surface area contributed by atoms with Crippen LogP contribution in [0.2, 0.25) is 0 Å². The van der Waals surface area contributed by atoms with Gasteiger partial charge in [-0.3, -0.25) is 10.1 Å². The zero-order valence-electron chi connectivity index (χ0n) is 11.6. The van der Waals surface area contributed by atoms with E-state index in [9.17, 15) is 9.59 Å². The van der Waals surface area contributed by atoms with Crippen LogP contribution < -0.4 is 15.4 Å². The van der Waals surface area contributed by atoms with Crippen molar-refractivity contribution in [3.05, 3.63) is 40.9 Å². The number of nitrogens with one attached hydrogen (secondary N) is 2. The number of hydrogen-bond donors (Lipinski definition) is 2. The summed E-state index contributed by atoms with van der Waals surface area (Å²) < 4.78 is 6.56. The maximum absolute atomic E-state index is 11.7. The molecule has 0 aromatic heterocycles. The molecule has 3 amide bonds. The van der Waals surface area contributed by atoms with Crippen LogP contribution in [0.15, 0.2) is 40.9 Å². The molecule has 0 aliphatic carbocycles. The maximum atomic E-state index is 11.7. The minimum atomic E-state index is -0.768. The zero-order chi connectivity index (χ0) is 15.4. The molecule has 110 valence electrons. The van der Waals surface area contributed by atoms with Gasteiger partial charge in [-0.2, -0.15) is 0 Å². The lowest BCUT2D eigenvalue weighted by Crippen LogP contribution is -2.43. The van der Waals surface area contributed by atoms with Crippen LogP contribution >= 0.6 is 15.9 Å². The lowest BCUT2D eigenvalue weighted by Gasteiger charge is -2.14. The molecule has 0 fully saturated rings. The van der Waals surface area contributed by atoms with Gasteiger partial charge in [0, 0.05) is 11.5 Å². The summed E-state index contributed by atoms with van der Waals surface area (Å²) in [6.45, 7) is 1.59. The molecule has 0 saturated carbocycles. The zero-order valence-corrected chi connectivity index (χ0v) is 13.2. The molecule has 0 heterocycles. The van der Waals surface area contributed by atoms with Crippen molar-refractivity contribution < 1.29 is 14.3 Å². The average molecular weight is 351 g/mol. The summed E-state index contributed by atoms with van der Waals surface area (Å²) in [7, 11) is 1.44. The Balaban J connectivity index is 2.10. The number of benzene rings is 2. The lowest BCUT2D eigenvalue weighted by molar-refractivity contribution is -0.126.